The van der Waals surface area contributed by atoms with Crippen LogP contribution < -0.4 is 5.73 Å². The molecule has 4 heteroatoms. The van der Waals surface area contributed by atoms with Gasteiger partial charge in [-0.15, -0.1) is 5.10 Å². The fourth-order valence-corrected chi connectivity index (χ4v) is 1.84. The second kappa shape index (κ2) is 3.49. The van der Waals surface area contributed by atoms with E-state index < -0.39 is 0 Å². The summed E-state index contributed by atoms with van der Waals surface area (Å²) in [4.78, 5) is 1.12. The maximum atomic E-state index is 5.95. The molecule has 1 aromatic rings. The summed E-state index contributed by atoms with van der Waals surface area (Å²) < 4.78 is 3.80. The van der Waals surface area contributed by atoms with Gasteiger partial charge >= 0.3 is 0 Å². The molecule has 1 aromatic heterocycles. The van der Waals surface area contributed by atoms with E-state index in [0.717, 1.165) is 17.2 Å². The average Bonchev–Trinajstić information content (AvgIpc) is 2.74. The normalized spacial score (nSPS) is 19.4. The smallest absolute Gasteiger partial charge is 0.0669 e. The van der Waals surface area contributed by atoms with E-state index in [2.05, 4.69) is 9.59 Å². The average molecular weight is 183 g/mol. The standard InChI is InChI=1S/C8H13N3S/c9-7(4-3-6-1-2-6)8-5-10-11-12-8/h5-7H,1-4,9H2. The van der Waals surface area contributed by atoms with Gasteiger partial charge in [0.05, 0.1) is 11.1 Å². The Hall–Kier alpha value is -0.480. The molecular formula is C8H13N3S. The molecule has 2 rings (SSSR count). The van der Waals surface area contributed by atoms with Gasteiger partial charge in [0, 0.05) is 6.04 Å². The predicted molar refractivity (Wildman–Crippen MR) is 48.8 cm³/mol. The minimum absolute atomic E-state index is 0.172. The van der Waals surface area contributed by atoms with E-state index in [1.165, 1.54) is 30.8 Å². The van der Waals surface area contributed by atoms with Gasteiger partial charge in [-0.3, -0.25) is 0 Å². The third kappa shape index (κ3) is 2.01. The molecule has 3 nitrogen and oxygen atoms in total. The maximum Gasteiger partial charge on any atom is 0.0669 e. The van der Waals surface area contributed by atoms with Gasteiger partial charge in [-0.1, -0.05) is 17.3 Å². The lowest BCUT2D eigenvalue weighted by atomic mass is 10.1. The second-order valence-electron chi connectivity index (χ2n) is 3.45. The zero-order chi connectivity index (χ0) is 8.39. The molecule has 1 aliphatic rings. The molecule has 1 heterocycles. The van der Waals surface area contributed by atoms with Gasteiger partial charge < -0.3 is 5.73 Å². The van der Waals surface area contributed by atoms with Crippen molar-refractivity contribution < 1.29 is 0 Å². The Morgan fingerprint density at radius 3 is 3.08 bits per heavy atom. The summed E-state index contributed by atoms with van der Waals surface area (Å²) in [5.74, 6) is 0.969. The van der Waals surface area contributed by atoms with Crippen molar-refractivity contribution in [2.45, 2.75) is 31.7 Å². The lowest BCUT2D eigenvalue weighted by Crippen LogP contribution is -2.08. The maximum absolute atomic E-state index is 5.95. The van der Waals surface area contributed by atoms with Crippen LogP contribution in [0.25, 0.3) is 0 Å². The molecule has 1 unspecified atom stereocenters. The van der Waals surface area contributed by atoms with Gasteiger partial charge in [0.25, 0.3) is 0 Å². The SMILES string of the molecule is NC(CCC1CC1)c1cnns1. The molecule has 0 saturated heterocycles. The lowest BCUT2D eigenvalue weighted by Gasteiger charge is -2.06. The summed E-state index contributed by atoms with van der Waals surface area (Å²) in [6, 6.07) is 0.172. The molecule has 1 atom stereocenters. The summed E-state index contributed by atoms with van der Waals surface area (Å²) in [6.45, 7) is 0. The van der Waals surface area contributed by atoms with Crippen molar-refractivity contribution >= 4 is 11.5 Å². The fraction of sp³-hybridized carbons (Fsp3) is 0.750. The molecule has 0 spiro atoms. The highest BCUT2D eigenvalue weighted by molar-refractivity contribution is 7.05. The Morgan fingerprint density at radius 1 is 1.67 bits per heavy atom. The van der Waals surface area contributed by atoms with Crippen LogP contribution in [0.2, 0.25) is 0 Å². The van der Waals surface area contributed by atoms with Crippen molar-refractivity contribution in [3.8, 4) is 0 Å². The predicted octanol–water partition coefficient (Wildman–Crippen LogP) is 1.73. The van der Waals surface area contributed by atoms with Gasteiger partial charge in [-0.25, -0.2) is 0 Å². The molecule has 0 aromatic carbocycles. The van der Waals surface area contributed by atoms with Crippen molar-refractivity contribution in [1.82, 2.24) is 9.59 Å². The molecule has 1 saturated carbocycles. The third-order valence-corrected chi connectivity index (χ3v) is 3.12. The number of aromatic nitrogens is 2. The molecule has 0 bridgehead atoms. The van der Waals surface area contributed by atoms with Crippen LogP contribution in [0.4, 0.5) is 0 Å². The van der Waals surface area contributed by atoms with Crippen LogP contribution in [0, 0.1) is 5.92 Å². The first-order valence-electron chi connectivity index (χ1n) is 4.39. The van der Waals surface area contributed by atoms with E-state index in [0.29, 0.717) is 0 Å². The van der Waals surface area contributed by atoms with E-state index in [1.807, 2.05) is 0 Å². The molecule has 0 aliphatic heterocycles. The van der Waals surface area contributed by atoms with Crippen LogP contribution in [0.3, 0.4) is 0 Å². The van der Waals surface area contributed by atoms with Crippen LogP contribution in [-0.2, 0) is 0 Å². The molecule has 0 amide bonds. The van der Waals surface area contributed by atoms with Gasteiger partial charge in [-0.2, -0.15) is 0 Å². The van der Waals surface area contributed by atoms with E-state index in [9.17, 15) is 0 Å². The molecule has 0 radical (unpaired) electrons. The van der Waals surface area contributed by atoms with Crippen LogP contribution in [0.15, 0.2) is 6.20 Å². The second-order valence-corrected chi connectivity index (χ2v) is 4.26. The molecule has 66 valence electrons. The summed E-state index contributed by atoms with van der Waals surface area (Å²) in [7, 11) is 0. The minimum Gasteiger partial charge on any atom is -0.323 e. The number of hydrogen-bond acceptors (Lipinski definition) is 4. The first-order valence-corrected chi connectivity index (χ1v) is 5.16. The van der Waals surface area contributed by atoms with E-state index in [4.69, 9.17) is 5.73 Å². The quantitative estimate of drug-likeness (QED) is 0.773. The zero-order valence-corrected chi connectivity index (χ0v) is 7.76. The van der Waals surface area contributed by atoms with Crippen molar-refractivity contribution in [3.63, 3.8) is 0 Å². The van der Waals surface area contributed by atoms with Crippen molar-refractivity contribution in [2.75, 3.05) is 0 Å². The molecule has 1 aliphatic carbocycles. The monoisotopic (exact) mass is 183 g/mol. The fourth-order valence-electron chi connectivity index (χ4n) is 1.30. The Labute approximate surface area is 76.1 Å². The van der Waals surface area contributed by atoms with Gasteiger partial charge in [0.1, 0.15) is 0 Å². The van der Waals surface area contributed by atoms with Crippen LogP contribution in [0.5, 0.6) is 0 Å². The Bertz CT molecular complexity index is 230. The van der Waals surface area contributed by atoms with Gasteiger partial charge in [0.2, 0.25) is 0 Å². The van der Waals surface area contributed by atoms with Crippen LogP contribution >= 0.6 is 11.5 Å². The highest BCUT2D eigenvalue weighted by Crippen LogP contribution is 2.35. The van der Waals surface area contributed by atoms with Crippen molar-refractivity contribution in [1.29, 1.82) is 0 Å². The minimum atomic E-state index is 0.172. The zero-order valence-electron chi connectivity index (χ0n) is 6.94. The first kappa shape index (κ1) is 8.13. The number of hydrogen-bond donors (Lipinski definition) is 1. The number of nitrogens with two attached hydrogens (primary N) is 1. The van der Waals surface area contributed by atoms with Crippen LogP contribution in [-0.4, -0.2) is 9.59 Å². The summed E-state index contributed by atoms with van der Waals surface area (Å²) in [5.41, 5.74) is 5.95. The molecule has 1 fully saturated rings. The molecule has 12 heavy (non-hydrogen) atoms. The first-order chi connectivity index (χ1) is 5.86. The highest BCUT2D eigenvalue weighted by Gasteiger charge is 2.22. The number of nitrogens with zero attached hydrogens (tertiary/aromatic N) is 2. The molecular weight excluding hydrogens is 170 g/mol. The Morgan fingerprint density at radius 2 is 2.50 bits per heavy atom. The number of rotatable bonds is 4. The highest BCUT2D eigenvalue weighted by atomic mass is 32.1. The Balaban J connectivity index is 1.79. The van der Waals surface area contributed by atoms with E-state index in [-0.39, 0.29) is 6.04 Å². The van der Waals surface area contributed by atoms with Gasteiger partial charge in [0.15, 0.2) is 0 Å². The molecule has 2 N–H and O–H groups in total. The Kier molecular flexibility index (Phi) is 2.37. The van der Waals surface area contributed by atoms with E-state index >= 15 is 0 Å². The summed E-state index contributed by atoms with van der Waals surface area (Å²) in [5, 5.41) is 3.77. The largest absolute Gasteiger partial charge is 0.323 e. The van der Waals surface area contributed by atoms with Gasteiger partial charge in [-0.05, 0) is 30.3 Å². The van der Waals surface area contributed by atoms with Crippen molar-refractivity contribution in [3.05, 3.63) is 11.1 Å². The third-order valence-electron chi connectivity index (χ3n) is 2.33. The van der Waals surface area contributed by atoms with Crippen molar-refractivity contribution in [2.24, 2.45) is 11.7 Å². The summed E-state index contributed by atoms with van der Waals surface area (Å²) >= 11 is 1.42. The van der Waals surface area contributed by atoms with Crippen LogP contribution in [0.1, 0.15) is 36.6 Å². The lowest BCUT2D eigenvalue weighted by molar-refractivity contribution is 0.581. The summed E-state index contributed by atoms with van der Waals surface area (Å²) in [6.07, 6.45) is 6.97. The topological polar surface area (TPSA) is 51.8 Å². The van der Waals surface area contributed by atoms with E-state index in [1.54, 1.807) is 6.20 Å².